The Hall–Kier alpha value is -3.02. The Labute approximate surface area is 136 Å². The fraction of sp³-hybridized carbons (Fsp3) is 0.0476. The van der Waals surface area contributed by atoms with E-state index in [0.717, 1.165) is 11.1 Å². The van der Waals surface area contributed by atoms with Gasteiger partial charge in [0, 0.05) is 5.56 Å². The van der Waals surface area contributed by atoms with Gasteiger partial charge in [0.15, 0.2) is 0 Å². The van der Waals surface area contributed by atoms with Gasteiger partial charge in [-0.3, -0.25) is 5.21 Å². The number of hydrogen-bond donors (Lipinski definition) is 1. The van der Waals surface area contributed by atoms with Gasteiger partial charge in [-0.2, -0.15) is 0 Å². The molecule has 23 heavy (non-hydrogen) atoms. The molecule has 0 aliphatic heterocycles. The molecule has 0 bridgehead atoms. The van der Waals surface area contributed by atoms with Gasteiger partial charge in [-0.25, -0.2) is 5.06 Å². The molecule has 0 aliphatic carbocycles. The third-order valence-corrected chi connectivity index (χ3v) is 3.51. The van der Waals surface area contributed by atoms with Gasteiger partial charge in [-0.1, -0.05) is 78.6 Å². The van der Waals surface area contributed by atoms with Crippen LogP contribution in [0.2, 0.25) is 0 Å². The third-order valence-electron chi connectivity index (χ3n) is 3.51. The smallest absolute Gasteiger partial charge is 0.142 e. The van der Waals surface area contributed by atoms with Crippen molar-refractivity contribution in [3.63, 3.8) is 0 Å². The first-order chi connectivity index (χ1) is 11.3. The van der Waals surface area contributed by atoms with Gasteiger partial charge >= 0.3 is 0 Å². The van der Waals surface area contributed by atoms with Crippen molar-refractivity contribution >= 4 is 5.69 Å². The van der Waals surface area contributed by atoms with Crippen molar-refractivity contribution in [1.29, 1.82) is 0 Å². The van der Waals surface area contributed by atoms with Crippen LogP contribution in [0.5, 0.6) is 0 Å². The molecular weight excluding hydrogens is 282 g/mol. The van der Waals surface area contributed by atoms with Crippen LogP contribution in [0.3, 0.4) is 0 Å². The van der Waals surface area contributed by atoms with E-state index in [1.54, 1.807) is 0 Å². The molecule has 3 aromatic rings. The molecule has 3 aromatic carbocycles. The van der Waals surface area contributed by atoms with Crippen LogP contribution < -0.4 is 5.06 Å². The molecule has 112 valence electrons. The summed E-state index contributed by atoms with van der Waals surface area (Å²) in [5.41, 5.74) is 2.58. The topological polar surface area (TPSA) is 23.5 Å². The second-order valence-electron chi connectivity index (χ2n) is 5.13. The Balaban J connectivity index is 1.97. The molecule has 3 rings (SSSR count). The van der Waals surface area contributed by atoms with E-state index in [2.05, 4.69) is 11.8 Å². The minimum Gasteiger partial charge on any atom is -0.287 e. The Morgan fingerprint density at radius 2 is 1.22 bits per heavy atom. The number of nitrogens with zero attached hydrogens (tertiary/aromatic N) is 1. The minimum atomic E-state index is -0.432. The fourth-order valence-electron chi connectivity index (χ4n) is 2.32. The van der Waals surface area contributed by atoms with Crippen LogP contribution in [-0.2, 0) is 0 Å². The number of benzene rings is 3. The molecule has 1 unspecified atom stereocenters. The summed E-state index contributed by atoms with van der Waals surface area (Å²) in [6.07, 6.45) is 0. The van der Waals surface area contributed by atoms with Crippen LogP contribution in [0.4, 0.5) is 5.69 Å². The first-order valence-corrected chi connectivity index (χ1v) is 7.49. The first kappa shape index (κ1) is 14.9. The summed E-state index contributed by atoms with van der Waals surface area (Å²) in [7, 11) is 0. The lowest BCUT2D eigenvalue weighted by molar-refractivity contribution is 0.236. The van der Waals surface area contributed by atoms with E-state index >= 15 is 0 Å². The molecule has 0 heterocycles. The summed E-state index contributed by atoms with van der Waals surface area (Å²) in [5, 5.41) is 11.9. The van der Waals surface area contributed by atoms with E-state index in [1.807, 2.05) is 91.0 Å². The van der Waals surface area contributed by atoms with Gasteiger partial charge in [0.05, 0.1) is 5.69 Å². The predicted molar refractivity (Wildman–Crippen MR) is 93.2 cm³/mol. The minimum absolute atomic E-state index is 0.432. The molecule has 0 spiro atoms. The Morgan fingerprint density at radius 3 is 1.83 bits per heavy atom. The lowest BCUT2D eigenvalue weighted by Crippen LogP contribution is -2.23. The van der Waals surface area contributed by atoms with Crippen molar-refractivity contribution in [2.75, 3.05) is 5.06 Å². The zero-order valence-corrected chi connectivity index (χ0v) is 12.6. The maximum Gasteiger partial charge on any atom is 0.142 e. The molecule has 0 aliphatic rings. The van der Waals surface area contributed by atoms with E-state index in [0.29, 0.717) is 5.69 Å². The highest BCUT2D eigenvalue weighted by Crippen LogP contribution is 2.24. The lowest BCUT2D eigenvalue weighted by atomic mass is 10.1. The molecule has 0 radical (unpaired) electrons. The number of hydroxylamine groups is 1. The summed E-state index contributed by atoms with van der Waals surface area (Å²) in [6.45, 7) is 0. The fourth-order valence-corrected chi connectivity index (χ4v) is 2.32. The van der Waals surface area contributed by atoms with Gasteiger partial charge < -0.3 is 0 Å². The monoisotopic (exact) mass is 299 g/mol. The van der Waals surface area contributed by atoms with E-state index < -0.39 is 6.04 Å². The van der Waals surface area contributed by atoms with Crippen LogP contribution in [0.1, 0.15) is 17.2 Å². The van der Waals surface area contributed by atoms with E-state index in [1.165, 1.54) is 5.06 Å². The van der Waals surface area contributed by atoms with Gasteiger partial charge in [0.25, 0.3) is 0 Å². The first-order valence-electron chi connectivity index (χ1n) is 7.49. The summed E-state index contributed by atoms with van der Waals surface area (Å²) in [4.78, 5) is 0. The predicted octanol–water partition coefficient (Wildman–Crippen LogP) is 4.68. The van der Waals surface area contributed by atoms with Crippen molar-refractivity contribution < 1.29 is 5.21 Å². The van der Waals surface area contributed by atoms with Crippen molar-refractivity contribution in [2.24, 2.45) is 0 Å². The van der Waals surface area contributed by atoms with Crippen molar-refractivity contribution in [1.82, 2.24) is 0 Å². The highest BCUT2D eigenvalue weighted by atomic mass is 16.5. The van der Waals surface area contributed by atoms with E-state index in [-0.39, 0.29) is 0 Å². The molecule has 0 fully saturated rings. The average molecular weight is 299 g/mol. The van der Waals surface area contributed by atoms with Crippen molar-refractivity contribution in [3.8, 4) is 11.8 Å². The van der Waals surface area contributed by atoms with Gasteiger partial charge in [0.1, 0.15) is 6.04 Å². The molecule has 0 saturated carbocycles. The molecule has 0 aromatic heterocycles. The number of hydrogen-bond acceptors (Lipinski definition) is 2. The lowest BCUT2D eigenvalue weighted by Gasteiger charge is -2.24. The molecule has 2 nitrogen and oxygen atoms in total. The van der Waals surface area contributed by atoms with E-state index in [4.69, 9.17) is 0 Å². The molecule has 1 N–H and O–H groups in total. The molecule has 1 atom stereocenters. The van der Waals surface area contributed by atoms with Gasteiger partial charge in [-0.15, -0.1) is 0 Å². The molecular formula is C21H17NO. The maximum absolute atomic E-state index is 10.6. The van der Waals surface area contributed by atoms with E-state index in [9.17, 15) is 5.21 Å². The zero-order valence-electron chi connectivity index (χ0n) is 12.6. The quantitative estimate of drug-likeness (QED) is 0.561. The maximum atomic E-state index is 10.6. The van der Waals surface area contributed by atoms with Gasteiger partial charge in [0.2, 0.25) is 0 Å². The molecule has 0 amide bonds. The number of rotatable bonds is 3. The summed E-state index contributed by atoms with van der Waals surface area (Å²) < 4.78 is 0. The summed E-state index contributed by atoms with van der Waals surface area (Å²) in [6, 6.07) is 28.6. The Bertz CT molecular complexity index is 789. The highest BCUT2D eigenvalue weighted by molar-refractivity contribution is 5.49. The van der Waals surface area contributed by atoms with Crippen molar-refractivity contribution in [2.45, 2.75) is 6.04 Å². The second kappa shape index (κ2) is 7.31. The Morgan fingerprint density at radius 1 is 0.696 bits per heavy atom. The highest BCUT2D eigenvalue weighted by Gasteiger charge is 2.16. The summed E-state index contributed by atoms with van der Waals surface area (Å²) >= 11 is 0. The Kier molecular flexibility index (Phi) is 4.73. The van der Waals surface area contributed by atoms with Crippen LogP contribution in [0.15, 0.2) is 91.0 Å². The van der Waals surface area contributed by atoms with Crippen molar-refractivity contribution in [3.05, 3.63) is 102 Å². The van der Waals surface area contributed by atoms with Crippen LogP contribution in [-0.4, -0.2) is 5.21 Å². The third kappa shape index (κ3) is 3.79. The normalized spacial score (nSPS) is 11.2. The molecule has 0 saturated heterocycles. The largest absolute Gasteiger partial charge is 0.287 e. The van der Waals surface area contributed by atoms with Crippen LogP contribution in [0.25, 0.3) is 0 Å². The number of anilines is 1. The van der Waals surface area contributed by atoms with Crippen LogP contribution in [0, 0.1) is 11.8 Å². The second-order valence-corrected chi connectivity index (χ2v) is 5.13. The van der Waals surface area contributed by atoms with Crippen LogP contribution >= 0.6 is 0 Å². The summed E-state index contributed by atoms with van der Waals surface area (Å²) in [5.74, 6) is 6.32. The SMILES string of the molecule is ON(c1ccccc1)C(C#Cc1ccccc1)c1ccccc1. The number of para-hydroxylation sites is 1. The average Bonchev–Trinajstić information content (AvgIpc) is 2.64. The van der Waals surface area contributed by atoms with Gasteiger partial charge in [-0.05, 0) is 29.8 Å². The zero-order chi connectivity index (χ0) is 15.9. The standard InChI is InChI=1S/C21H17NO/c23-22(20-14-8-3-9-15-20)21(19-12-6-2-7-13-19)17-16-18-10-4-1-5-11-18/h1-15,21,23H. The molecule has 2 heteroatoms.